The molecular formula is C18H27N5O4S2. The minimum atomic E-state index is -3.59. The van der Waals surface area contributed by atoms with E-state index >= 15 is 0 Å². The highest BCUT2D eigenvalue weighted by Crippen LogP contribution is 2.27. The Balaban J connectivity index is 2.41. The lowest BCUT2D eigenvalue weighted by atomic mass is 10.3. The number of nitrogens with zero attached hydrogens (tertiary/aromatic N) is 3. The molecule has 1 heterocycles. The largest absolute Gasteiger partial charge is 0.351 e. The predicted molar refractivity (Wildman–Crippen MR) is 113 cm³/mol. The Morgan fingerprint density at radius 1 is 1.24 bits per heavy atom. The van der Waals surface area contributed by atoms with Crippen LogP contribution < -0.4 is 11.1 Å². The molecule has 0 fully saturated rings. The molecule has 0 atom stereocenters. The number of hydrogen-bond donors (Lipinski definition) is 2. The molecule has 0 unspecified atom stereocenters. The molecular weight excluding hydrogens is 414 g/mol. The van der Waals surface area contributed by atoms with E-state index in [-0.39, 0.29) is 10.6 Å². The van der Waals surface area contributed by atoms with Gasteiger partial charge in [-0.05, 0) is 24.6 Å². The fraction of sp³-hybridized carbons (Fsp3) is 0.500. The number of carbonyl (C=O) groups excluding carboxylic acids is 2. The number of primary amides is 1. The summed E-state index contributed by atoms with van der Waals surface area (Å²) in [7, 11) is -3.59. The van der Waals surface area contributed by atoms with Crippen LogP contribution in [0.2, 0.25) is 0 Å². The molecule has 11 heteroatoms. The number of rotatable bonds is 10. The predicted octanol–water partition coefficient (Wildman–Crippen LogP) is 2.15. The molecule has 3 amide bonds. The Morgan fingerprint density at radius 3 is 2.52 bits per heavy atom. The van der Waals surface area contributed by atoms with Gasteiger partial charge in [0.25, 0.3) is 0 Å². The van der Waals surface area contributed by atoms with E-state index in [2.05, 4.69) is 11.9 Å². The van der Waals surface area contributed by atoms with Crippen molar-refractivity contribution >= 4 is 44.8 Å². The molecule has 0 radical (unpaired) electrons. The minimum Gasteiger partial charge on any atom is -0.351 e. The van der Waals surface area contributed by atoms with Gasteiger partial charge in [-0.15, -0.1) is 0 Å². The molecule has 3 N–H and O–H groups in total. The zero-order valence-corrected chi connectivity index (χ0v) is 18.5. The smallest absolute Gasteiger partial charge is 0.318 e. The van der Waals surface area contributed by atoms with Crippen molar-refractivity contribution in [3.05, 3.63) is 18.2 Å². The van der Waals surface area contributed by atoms with E-state index in [9.17, 15) is 18.0 Å². The van der Waals surface area contributed by atoms with Crippen molar-refractivity contribution in [2.24, 2.45) is 5.73 Å². The Labute approximate surface area is 175 Å². The van der Waals surface area contributed by atoms with Crippen LogP contribution in [0.4, 0.5) is 4.79 Å². The Bertz CT molecular complexity index is 984. The maximum Gasteiger partial charge on any atom is 0.318 e. The Kier molecular flexibility index (Phi) is 8.05. The van der Waals surface area contributed by atoms with Crippen LogP contribution in [0.15, 0.2) is 28.3 Å². The molecule has 0 aliphatic carbocycles. The van der Waals surface area contributed by atoms with E-state index < -0.39 is 22.0 Å². The number of nitrogens with one attached hydrogen (secondary N) is 1. The van der Waals surface area contributed by atoms with Gasteiger partial charge >= 0.3 is 6.03 Å². The summed E-state index contributed by atoms with van der Waals surface area (Å²) in [6, 6.07) is 4.01. The summed E-state index contributed by atoms with van der Waals surface area (Å²) in [5, 5.41) is 2.61. The van der Waals surface area contributed by atoms with Gasteiger partial charge < -0.3 is 10.3 Å². The standard InChI is InChI=1S/C18H27N5O4S2/c1-4-7-10-23-15-9-8-13(29(26,27)22(5-2)6-3)11-14(15)20-18(23)28-12-16(24)21-17(19)25/h8-9,11H,4-7,10,12H2,1-3H3,(H3,19,21,24,25). The number of imide groups is 1. The first-order chi connectivity index (χ1) is 13.7. The summed E-state index contributed by atoms with van der Waals surface area (Å²) in [4.78, 5) is 27.3. The van der Waals surface area contributed by atoms with Gasteiger partial charge in [-0.2, -0.15) is 4.31 Å². The van der Waals surface area contributed by atoms with Crippen LogP contribution in [0, 0.1) is 0 Å². The van der Waals surface area contributed by atoms with Crippen molar-refractivity contribution in [2.75, 3.05) is 18.8 Å². The molecule has 0 saturated heterocycles. The van der Waals surface area contributed by atoms with Crippen LogP contribution in [0.3, 0.4) is 0 Å². The maximum absolute atomic E-state index is 12.8. The fourth-order valence-electron chi connectivity index (χ4n) is 2.91. The summed E-state index contributed by atoms with van der Waals surface area (Å²) in [5.41, 5.74) is 6.31. The molecule has 1 aromatic heterocycles. The monoisotopic (exact) mass is 441 g/mol. The van der Waals surface area contributed by atoms with Gasteiger partial charge in [-0.25, -0.2) is 18.2 Å². The number of benzene rings is 1. The number of thioether (sulfide) groups is 1. The molecule has 1 aromatic carbocycles. The normalized spacial score (nSPS) is 11.9. The average Bonchev–Trinajstić information content (AvgIpc) is 3.01. The van der Waals surface area contributed by atoms with Gasteiger partial charge in [0.2, 0.25) is 15.9 Å². The third-order valence-corrected chi connectivity index (χ3v) is 7.38. The zero-order valence-electron chi connectivity index (χ0n) is 16.8. The molecule has 0 aliphatic heterocycles. The van der Waals surface area contributed by atoms with E-state index in [4.69, 9.17) is 5.73 Å². The van der Waals surface area contributed by atoms with E-state index in [1.54, 1.807) is 32.0 Å². The average molecular weight is 442 g/mol. The van der Waals surface area contributed by atoms with Crippen molar-refractivity contribution in [2.45, 2.75) is 50.2 Å². The highest BCUT2D eigenvalue weighted by molar-refractivity contribution is 7.99. The number of aryl methyl sites for hydroxylation is 1. The number of sulfonamides is 1. The minimum absolute atomic E-state index is 0.0248. The van der Waals surface area contributed by atoms with E-state index in [0.717, 1.165) is 18.4 Å². The molecule has 2 aromatic rings. The van der Waals surface area contributed by atoms with E-state index in [0.29, 0.717) is 30.3 Å². The first-order valence-electron chi connectivity index (χ1n) is 9.47. The van der Waals surface area contributed by atoms with E-state index in [1.807, 2.05) is 9.88 Å². The quantitative estimate of drug-likeness (QED) is 0.544. The van der Waals surface area contributed by atoms with Gasteiger partial charge in [-0.1, -0.05) is 39.0 Å². The second-order valence-electron chi connectivity index (χ2n) is 6.34. The summed E-state index contributed by atoms with van der Waals surface area (Å²) in [6.07, 6.45) is 1.88. The number of aromatic nitrogens is 2. The summed E-state index contributed by atoms with van der Waals surface area (Å²) in [6.45, 7) is 7.13. The van der Waals surface area contributed by atoms with Gasteiger partial charge in [0.15, 0.2) is 5.16 Å². The molecule has 0 spiro atoms. The van der Waals surface area contributed by atoms with Crippen LogP contribution >= 0.6 is 11.8 Å². The molecule has 0 bridgehead atoms. The number of imidazole rings is 1. The first-order valence-corrected chi connectivity index (χ1v) is 11.9. The van der Waals surface area contributed by atoms with Crippen LogP contribution in [0.5, 0.6) is 0 Å². The molecule has 2 rings (SSSR count). The second-order valence-corrected chi connectivity index (χ2v) is 9.22. The topological polar surface area (TPSA) is 127 Å². The van der Waals surface area contributed by atoms with Crippen LogP contribution in [-0.4, -0.2) is 53.1 Å². The number of fused-ring (bicyclic) bond motifs is 1. The van der Waals surface area contributed by atoms with Crippen LogP contribution in [-0.2, 0) is 21.4 Å². The lowest BCUT2D eigenvalue weighted by molar-refractivity contribution is -0.117. The number of carbonyl (C=O) groups is 2. The molecule has 0 aliphatic rings. The number of urea groups is 1. The highest BCUT2D eigenvalue weighted by atomic mass is 32.2. The number of amides is 3. The van der Waals surface area contributed by atoms with Gasteiger partial charge in [0.1, 0.15) is 0 Å². The summed E-state index contributed by atoms with van der Waals surface area (Å²) in [5.74, 6) is -0.537. The first kappa shape index (κ1) is 23.2. The zero-order chi connectivity index (χ0) is 21.6. The van der Waals surface area contributed by atoms with Crippen molar-refractivity contribution < 1.29 is 18.0 Å². The summed E-state index contributed by atoms with van der Waals surface area (Å²) < 4.78 is 29.0. The molecule has 29 heavy (non-hydrogen) atoms. The third-order valence-electron chi connectivity index (χ3n) is 4.36. The number of unbranched alkanes of at least 4 members (excludes halogenated alkanes) is 1. The number of hydrogen-bond acceptors (Lipinski definition) is 6. The van der Waals surface area contributed by atoms with Crippen molar-refractivity contribution in [3.63, 3.8) is 0 Å². The lowest BCUT2D eigenvalue weighted by Crippen LogP contribution is -2.36. The SMILES string of the molecule is CCCCn1c(SCC(=O)NC(N)=O)nc2cc(S(=O)(=O)N(CC)CC)ccc21. The van der Waals surface area contributed by atoms with Crippen LogP contribution in [0.25, 0.3) is 11.0 Å². The van der Waals surface area contributed by atoms with Crippen molar-refractivity contribution in [1.29, 1.82) is 0 Å². The molecule has 160 valence electrons. The molecule has 9 nitrogen and oxygen atoms in total. The Hall–Kier alpha value is -2.11. The van der Waals surface area contributed by atoms with Crippen molar-refractivity contribution in [1.82, 2.24) is 19.2 Å². The fourth-order valence-corrected chi connectivity index (χ4v) is 5.23. The number of nitrogens with two attached hydrogens (primary N) is 1. The lowest BCUT2D eigenvalue weighted by Gasteiger charge is -2.18. The van der Waals surface area contributed by atoms with Crippen LogP contribution in [0.1, 0.15) is 33.6 Å². The summed E-state index contributed by atoms with van der Waals surface area (Å²) >= 11 is 1.17. The highest BCUT2D eigenvalue weighted by Gasteiger charge is 2.23. The maximum atomic E-state index is 12.8. The van der Waals surface area contributed by atoms with Gasteiger partial charge in [0.05, 0.1) is 21.7 Å². The second kappa shape index (κ2) is 10.1. The van der Waals surface area contributed by atoms with Gasteiger partial charge in [-0.3, -0.25) is 10.1 Å². The Morgan fingerprint density at radius 2 is 1.93 bits per heavy atom. The van der Waals surface area contributed by atoms with Crippen molar-refractivity contribution in [3.8, 4) is 0 Å². The third kappa shape index (κ3) is 5.49. The van der Waals surface area contributed by atoms with Gasteiger partial charge in [0, 0.05) is 19.6 Å². The molecule has 0 saturated carbocycles. The van der Waals surface area contributed by atoms with E-state index in [1.165, 1.54) is 16.1 Å².